The highest BCUT2D eigenvalue weighted by Gasteiger charge is 2.31. The molecule has 0 aliphatic carbocycles. The summed E-state index contributed by atoms with van der Waals surface area (Å²) in [7, 11) is -1.45. The van der Waals surface area contributed by atoms with Gasteiger partial charge < -0.3 is 10.2 Å². The van der Waals surface area contributed by atoms with Gasteiger partial charge in [-0.1, -0.05) is 65.3 Å². The Hall–Kier alpha value is -0.313. The second kappa shape index (κ2) is 11.3. The van der Waals surface area contributed by atoms with Crippen LogP contribution >= 0.6 is 12.6 Å². The Morgan fingerprint density at radius 2 is 1.76 bits per heavy atom. The molecule has 0 rings (SSSR count). The van der Waals surface area contributed by atoms with Crippen LogP contribution in [0.15, 0.2) is 0 Å². The highest BCUT2D eigenvalue weighted by Crippen LogP contribution is 2.24. The van der Waals surface area contributed by atoms with Crippen molar-refractivity contribution < 1.29 is 10.2 Å². The average Bonchev–Trinajstić information content (AvgIpc) is 2.51. The molecule has 122 valence electrons. The minimum absolute atomic E-state index is 0.0828. The maximum Gasteiger partial charge on any atom is 0.108 e. The van der Waals surface area contributed by atoms with Gasteiger partial charge in [0.15, 0.2) is 0 Å². The van der Waals surface area contributed by atoms with E-state index in [2.05, 4.69) is 25.6 Å². The average molecular weight is 330 g/mol. The van der Waals surface area contributed by atoms with Crippen LogP contribution in [0.1, 0.15) is 65.2 Å². The van der Waals surface area contributed by atoms with E-state index in [-0.39, 0.29) is 17.9 Å². The van der Waals surface area contributed by atoms with Gasteiger partial charge in [-0.15, -0.1) is 0 Å². The zero-order chi connectivity index (χ0) is 16.3. The van der Waals surface area contributed by atoms with Crippen molar-refractivity contribution in [2.24, 2.45) is 5.92 Å². The predicted molar refractivity (Wildman–Crippen MR) is 94.8 cm³/mol. The fourth-order valence-corrected chi connectivity index (χ4v) is 4.81. The maximum atomic E-state index is 10.2. The lowest BCUT2D eigenvalue weighted by molar-refractivity contribution is 0.259. The summed E-state index contributed by atoms with van der Waals surface area (Å²) < 4.78 is -0.748. The molecule has 0 saturated heterocycles. The standard InChI is InChI=1S/C16H31NO2SSi/c1-4-5-6-7-8-9-10-11-16(20,13-17)21(3)15(19)14(2)12-18/h14,18-20H,4-12H2,1-3H3/b21-15-. The third kappa shape index (κ3) is 7.48. The lowest BCUT2D eigenvalue weighted by atomic mass is 10.1. The summed E-state index contributed by atoms with van der Waals surface area (Å²) in [5, 5.41) is 29.0. The number of rotatable bonds is 11. The van der Waals surface area contributed by atoms with Gasteiger partial charge in [-0.2, -0.15) is 17.9 Å². The first kappa shape index (κ1) is 20.7. The quantitative estimate of drug-likeness (QED) is 0.308. The minimum Gasteiger partial charge on any atom is -0.518 e. The molecule has 0 aromatic rings. The van der Waals surface area contributed by atoms with Gasteiger partial charge in [-0.05, 0) is 6.42 Å². The number of hydrogen-bond acceptors (Lipinski definition) is 4. The van der Waals surface area contributed by atoms with Crippen molar-refractivity contribution in [3.05, 3.63) is 0 Å². The van der Waals surface area contributed by atoms with Crippen LogP contribution in [0.2, 0.25) is 6.55 Å². The van der Waals surface area contributed by atoms with E-state index in [0.29, 0.717) is 6.42 Å². The summed E-state index contributed by atoms with van der Waals surface area (Å²) >= 11 is 4.57. The summed E-state index contributed by atoms with van der Waals surface area (Å²) in [6, 6.07) is 2.30. The molecule has 0 saturated carbocycles. The normalized spacial score (nSPS) is 16.8. The largest absolute Gasteiger partial charge is 0.518 e. The van der Waals surface area contributed by atoms with Crippen LogP contribution in [0, 0.1) is 17.2 Å². The molecular weight excluding hydrogens is 298 g/mol. The SMILES string of the molecule is CCCCCCCCCC(S)(C#N)/[Si](C)=C(\O)C(C)CO. The van der Waals surface area contributed by atoms with Gasteiger partial charge in [0, 0.05) is 5.92 Å². The van der Waals surface area contributed by atoms with Gasteiger partial charge in [-0.25, -0.2) is 0 Å². The van der Waals surface area contributed by atoms with E-state index in [1.54, 1.807) is 6.92 Å². The van der Waals surface area contributed by atoms with Crippen LogP contribution in [0.5, 0.6) is 0 Å². The molecule has 3 nitrogen and oxygen atoms in total. The van der Waals surface area contributed by atoms with Gasteiger partial charge in [0.05, 0.1) is 26.4 Å². The van der Waals surface area contributed by atoms with Gasteiger partial charge in [0.25, 0.3) is 0 Å². The molecule has 0 fully saturated rings. The monoisotopic (exact) mass is 329 g/mol. The molecule has 5 heteroatoms. The zero-order valence-corrected chi connectivity index (χ0v) is 15.6. The molecule has 21 heavy (non-hydrogen) atoms. The van der Waals surface area contributed by atoms with E-state index in [9.17, 15) is 10.4 Å². The second-order valence-electron chi connectivity index (χ2n) is 5.94. The Kier molecular flexibility index (Phi) is 11.1. The lowest BCUT2D eigenvalue weighted by Crippen LogP contribution is -2.39. The Morgan fingerprint density at radius 1 is 1.24 bits per heavy atom. The topological polar surface area (TPSA) is 64.2 Å². The summed E-state index contributed by atoms with van der Waals surface area (Å²) in [5.74, 6) is -0.266. The fraction of sp³-hybridized carbons (Fsp3) is 0.875. The number of thiol groups is 1. The first-order chi connectivity index (χ1) is 9.92. The number of nitrogens with zero attached hydrogens (tertiary/aromatic N) is 1. The number of hydrogen-bond donors (Lipinski definition) is 3. The highest BCUT2D eigenvalue weighted by molar-refractivity contribution is 7.84. The molecule has 0 aliphatic rings. The van der Waals surface area contributed by atoms with Crippen LogP contribution in [0.3, 0.4) is 0 Å². The first-order valence-electron chi connectivity index (χ1n) is 8.07. The Morgan fingerprint density at radius 3 is 2.24 bits per heavy atom. The van der Waals surface area contributed by atoms with Gasteiger partial charge in [0.1, 0.15) is 4.37 Å². The van der Waals surface area contributed by atoms with Crippen molar-refractivity contribution in [2.45, 2.75) is 76.1 Å². The van der Waals surface area contributed by atoms with Gasteiger partial charge >= 0.3 is 0 Å². The van der Waals surface area contributed by atoms with Gasteiger partial charge in [-0.3, -0.25) is 0 Å². The molecule has 0 radical (unpaired) electrons. The van der Waals surface area contributed by atoms with Crippen molar-refractivity contribution in [2.75, 3.05) is 6.61 Å². The number of nitriles is 1. The van der Waals surface area contributed by atoms with E-state index in [1.165, 1.54) is 32.1 Å². The smallest absolute Gasteiger partial charge is 0.108 e. The summed E-state index contributed by atoms with van der Waals surface area (Å²) in [5.41, 5.74) is 0. The van der Waals surface area contributed by atoms with Crippen molar-refractivity contribution >= 4 is 26.4 Å². The Labute approximate surface area is 137 Å². The molecule has 0 spiro atoms. The van der Waals surface area contributed by atoms with Crippen molar-refractivity contribution in [1.29, 1.82) is 5.26 Å². The van der Waals surface area contributed by atoms with Crippen molar-refractivity contribution in [1.82, 2.24) is 0 Å². The third-order valence-electron chi connectivity index (χ3n) is 4.07. The zero-order valence-electron chi connectivity index (χ0n) is 13.7. The third-order valence-corrected chi connectivity index (χ3v) is 8.27. The summed E-state index contributed by atoms with van der Waals surface area (Å²) in [6.45, 7) is 5.83. The summed E-state index contributed by atoms with van der Waals surface area (Å²) in [6.07, 6.45) is 9.16. The van der Waals surface area contributed by atoms with Crippen LogP contribution in [0.4, 0.5) is 0 Å². The van der Waals surface area contributed by atoms with Crippen molar-refractivity contribution in [3.63, 3.8) is 0 Å². The number of aliphatic hydroxyl groups is 2. The molecule has 0 heterocycles. The van der Waals surface area contributed by atoms with Crippen LogP contribution in [-0.4, -0.2) is 35.0 Å². The molecule has 2 N–H and O–H groups in total. The molecule has 0 aromatic heterocycles. The molecule has 2 atom stereocenters. The van der Waals surface area contributed by atoms with E-state index in [4.69, 9.17) is 5.11 Å². The number of aliphatic hydroxyl groups excluding tert-OH is 2. The van der Waals surface area contributed by atoms with E-state index in [1.807, 2.05) is 6.55 Å². The lowest BCUT2D eigenvalue weighted by Gasteiger charge is -2.23. The molecule has 0 aromatic carbocycles. The maximum absolute atomic E-state index is 10.2. The Balaban J connectivity index is 4.38. The molecular formula is C16H31NO2SSi. The van der Waals surface area contributed by atoms with E-state index in [0.717, 1.165) is 12.8 Å². The van der Waals surface area contributed by atoms with Crippen LogP contribution < -0.4 is 0 Å². The fourth-order valence-electron chi connectivity index (χ4n) is 2.33. The molecule has 2 unspecified atom stereocenters. The predicted octanol–water partition coefficient (Wildman–Crippen LogP) is 3.70. The van der Waals surface area contributed by atoms with Crippen LogP contribution in [-0.2, 0) is 0 Å². The second-order valence-corrected chi connectivity index (χ2v) is 9.74. The van der Waals surface area contributed by atoms with Crippen LogP contribution in [0.25, 0.3) is 0 Å². The molecule has 0 bridgehead atoms. The molecule has 0 amide bonds. The summed E-state index contributed by atoms with van der Waals surface area (Å²) in [4.78, 5) is 0. The van der Waals surface area contributed by atoms with Crippen molar-refractivity contribution in [3.8, 4) is 6.07 Å². The first-order valence-corrected chi connectivity index (χ1v) is 10.5. The Bertz CT molecular complexity index is 368. The van der Waals surface area contributed by atoms with E-state index < -0.39 is 12.8 Å². The minimum atomic E-state index is -1.45. The van der Waals surface area contributed by atoms with E-state index >= 15 is 0 Å². The highest BCUT2D eigenvalue weighted by atomic mass is 32.1. The molecule has 0 aliphatic heterocycles. The van der Waals surface area contributed by atoms with Gasteiger partial charge in [0.2, 0.25) is 0 Å². The number of unbranched alkanes of at least 4 members (excludes halogenated alkanes) is 6.